The van der Waals surface area contributed by atoms with Gasteiger partial charge in [-0.3, -0.25) is 9.59 Å². The zero-order valence-electron chi connectivity index (χ0n) is 19.6. The highest BCUT2D eigenvalue weighted by molar-refractivity contribution is 6.06. The molecule has 1 aliphatic carbocycles. The molecule has 2 aromatic rings. The van der Waals surface area contributed by atoms with E-state index in [9.17, 15) is 9.59 Å². The second kappa shape index (κ2) is 10.2. The van der Waals surface area contributed by atoms with Crippen molar-refractivity contribution in [3.8, 4) is 11.1 Å². The first kappa shape index (κ1) is 23.0. The molecule has 0 bridgehead atoms. The molecule has 0 aromatic heterocycles. The van der Waals surface area contributed by atoms with Gasteiger partial charge in [0, 0.05) is 24.2 Å². The van der Waals surface area contributed by atoms with E-state index in [2.05, 4.69) is 42.5 Å². The van der Waals surface area contributed by atoms with Crippen LogP contribution in [0.15, 0.2) is 66.3 Å². The number of benzene rings is 2. The van der Waals surface area contributed by atoms with E-state index in [4.69, 9.17) is 5.11 Å². The highest BCUT2D eigenvalue weighted by Gasteiger charge is 2.26. The highest BCUT2D eigenvalue weighted by atomic mass is 16.4. The number of hydrogen-bond acceptors (Lipinski definition) is 2. The second-order valence-corrected chi connectivity index (χ2v) is 9.36. The number of allylic oxidation sites excluding steroid dienone is 3. The predicted octanol–water partition coefficient (Wildman–Crippen LogP) is 6.51. The number of carbonyl (C=O) groups excluding carboxylic acids is 1. The van der Waals surface area contributed by atoms with Crippen molar-refractivity contribution in [3.05, 3.63) is 77.4 Å². The van der Waals surface area contributed by atoms with Crippen molar-refractivity contribution in [2.75, 3.05) is 11.4 Å². The summed E-state index contributed by atoms with van der Waals surface area (Å²) in [5.41, 5.74) is 6.72. The van der Waals surface area contributed by atoms with E-state index in [1.807, 2.05) is 37.0 Å². The van der Waals surface area contributed by atoms with E-state index < -0.39 is 5.97 Å². The number of amides is 1. The molecule has 1 aliphatic heterocycles. The zero-order chi connectivity index (χ0) is 23.4. The van der Waals surface area contributed by atoms with E-state index in [1.54, 1.807) is 0 Å². The van der Waals surface area contributed by atoms with Crippen LogP contribution in [0, 0.1) is 5.92 Å². The molecule has 1 N–H and O–H groups in total. The van der Waals surface area contributed by atoms with Gasteiger partial charge in [-0.1, -0.05) is 48.6 Å². The lowest BCUT2D eigenvalue weighted by Gasteiger charge is -2.28. The number of hydrogen-bond donors (Lipinski definition) is 1. The second-order valence-electron chi connectivity index (χ2n) is 9.36. The molecule has 1 fully saturated rings. The maximum atomic E-state index is 12.8. The molecule has 0 atom stereocenters. The summed E-state index contributed by atoms with van der Waals surface area (Å²) in [4.78, 5) is 25.7. The summed E-state index contributed by atoms with van der Waals surface area (Å²) in [5.74, 6) is 0.257. The Morgan fingerprint density at radius 3 is 2.39 bits per heavy atom. The number of nitrogens with zero attached hydrogens (tertiary/aromatic N) is 1. The molecule has 2 aliphatic rings. The molecule has 2 aromatic carbocycles. The summed E-state index contributed by atoms with van der Waals surface area (Å²) >= 11 is 0. The van der Waals surface area contributed by atoms with Crippen molar-refractivity contribution in [3.63, 3.8) is 0 Å². The monoisotopic (exact) mass is 443 g/mol. The van der Waals surface area contributed by atoms with Crippen LogP contribution in [0.25, 0.3) is 11.1 Å². The Balaban J connectivity index is 1.44. The Kier molecular flexibility index (Phi) is 7.12. The van der Waals surface area contributed by atoms with E-state index in [0.717, 1.165) is 49.9 Å². The molecule has 4 heteroatoms. The molecule has 1 amide bonds. The SMILES string of the molecule is CC=CC=C(C)C(=O)N1CCc2cc(-c3ccc(C4CCC(CC(=O)O)CC4)cc3)ccc21. The van der Waals surface area contributed by atoms with E-state index >= 15 is 0 Å². The molecular formula is C29H33NO3. The number of carboxylic acid groups (broad SMARTS) is 1. The molecule has 4 rings (SSSR count). The normalized spacial score (nSPS) is 20.8. The molecule has 1 heterocycles. The number of carboxylic acids is 1. The van der Waals surface area contributed by atoms with Crippen LogP contribution in [-0.2, 0) is 16.0 Å². The third-order valence-corrected chi connectivity index (χ3v) is 7.12. The summed E-state index contributed by atoms with van der Waals surface area (Å²) < 4.78 is 0. The third kappa shape index (κ3) is 5.27. The van der Waals surface area contributed by atoms with Crippen LogP contribution in [0.5, 0.6) is 0 Å². The van der Waals surface area contributed by atoms with Crippen LogP contribution >= 0.6 is 0 Å². The average molecular weight is 444 g/mol. The van der Waals surface area contributed by atoms with Crippen molar-refractivity contribution >= 4 is 17.6 Å². The first-order valence-corrected chi connectivity index (χ1v) is 12.0. The molecule has 0 unspecified atom stereocenters. The highest BCUT2D eigenvalue weighted by Crippen LogP contribution is 2.38. The molecule has 172 valence electrons. The van der Waals surface area contributed by atoms with E-state index in [1.165, 1.54) is 22.3 Å². The lowest BCUT2D eigenvalue weighted by atomic mass is 9.77. The van der Waals surface area contributed by atoms with Crippen LogP contribution < -0.4 is 4.90 Å². The largest absolute Gasteiger partial charge is 0.481 e. The van der Waals surface area contributed by atoms with Gasteiger partial charge in [0.15, 0.2) is 0 Å². The van der Waals surface area contributed by atoms with Gasteiger partial charge in [-0.2, -0.15) is 0 Å². The van der Waals surface area contributed by atoms with Gasteiger partial charge in [0.05, 0.1) is 0 Å². The van der Waals surface area contributed by atoms with Gasteiger partial charge in [0.25, 0.3) is 5.91 Å². The topological polar surface area (TPSA) is 57.6 Å². The van der Waals surface area contributed by atoms with E-state index in [-0.39, 0.29) is 5.91 Å². The number of carbonyl (C=O) groups is 2. The molecule has 4 nitrogen and oxygen atoms in total. The predicted molar refractivity (Wildman–Crippen MR) is 133 cm³/mol. The Bertz CT molecular complexity index is 1070. The maximum absolute atomic E-state index is 12.8. The lowest BCUT2D eigenvalue weighted by Crippen LogP contribution is -2.29. The Morgan fingerprint density at radius 1 is 1.03 bits per heavy atom. The van der Waals surface area contributed by atoms with Crippen LogP contribution in [-0.4, -0.2) is 23.5 Å². The number of aliphatic carboxylic acids is 1. The fourth-order valence-corrected chi connectivity index (χ4v) is 5.21. The first-order valence-electron chi connectivity index (χ1n) is 12.0. The van der Waals surface area contributed by atoms with E-state index in [0.29, 0.717) is 18.3 Å². The summed E-state index contributed by atoms with van der Waals surface area (Å²) in [6, 6.07) is 15.3. The maximum Gasteiger partial charge on any atom is 0.303 e. The summed E-state index contributed by atoms with van der Waals surface area (Å²) in [7, 11) is 0. The van der Waals surface area contributed by atoms with Gasteiger partial charge < -0.3 is 10.0 Å². The molecule has 33 heavy (non-hydrogen) atoms. The van der Waals surface area contributed by atoms with Crippen molar-refractivity contribution in [1.29, 1.82) is 0 Å². The summed E-state index contributed by atoms with van der Waals surface area (Å²) in [6.45, 7) is 4.54. The molecule has 1 saturated carbocycles. The van der Waals surface area contributed by atoms with Gasteiger partial charge in [0.2, 0.25) is 0 Å². The standard InChI is InChI=1S/C29H33NO3/c1-3-4-5-20(2)29(33)30-17-16-26-19-25(14-15-27(26)30)24-12-10-23(11-13-24)22-8-6-21(7-9-22)18-28(31)32/h3-5,10-15,19,21-22H,6-9,16-18H2,1-2H3,(H,31,32). The number of rotatable bonds is 6. The van der Waals surface area contributed by atoms with Crippen LogP contribution in [0.1, 0.15) is 63.0 Å². The van der Waals surface area contributed by atoms with Gasteiger partial charge in [0.1, 0.15) is 0 Å². The minimum Gasteiger partial charge on any atom is -0.481 e. The minimum atomic E-state index is -0.676. The van der Waals surface area contributed by atoms with Crippen LogP contribution in [0.2, 0.25) is 0 Å². The first-order chi connectivity index (χ1) is 16.0. The van der Waals surface area contributed by atoms with Crippen LogP contribution in [0.4, 0.5) is 5.69 Å². The molecular weight excluding hydrogens is 410 g/mol. The summed E-state index contributed by atoms with van der Waals surface area (Å²) in [6.07, 6.45) is 11.0. The van der Waals surface area contributed by atoms with Crippen LogP contribution in [0.3, 0.4) is 0 Å². The van der Waals surface area contributed by atoms with Crippen molar-refractivity contribution in [2.45, 2.75) is 58.3 Å². The molecule has 0 spiro atoms. The average Bonchev–Trinajstić information content (AvgIpc) is 3.25. The number of anilines is 1. The van der Waals surface area contributed by atoms with Gasteiger partial charge in [-0.15, -0.1) is 0 Å². The molecule has 0 radical (unpaired) electrons. The van der Waals surface area contributed by atoms with Gasteiger partial charge in [-0.05, 0) is 92.2 Å². The Hall–Kier alpha value is -3.14. The fraction of sp³-hybridized carbons (Fsp3) is 0.379. The zero-order valence-corrected chi connectivity index (χ0v) is 19.6. The lowest BCUT2D eigenvalue weighted by molar-refractivity contribution is -0.138. The molecule has 0 saturated heterocycles. The Labute approximate surface area is 196 Å². The third-order valence-electron chi connectivity index (χ3n) is 7.12. The quantitative estimate of drug-likeness (QED) is 0.409. The van der Waals surface area contributed by atoms with Crippen molar-refractivity contribution in [2.24, 2.45) is 5.92 Å². The van der Waals surface area contributed by atoms with Gasteiger partial charge in [-0.25, -0.2) is 0 Å². The van der Waals surface area contributed by atoms with Crippen molar-refractivity contribution < 1.29 is 14.7 Å². The number of fused-ring (bicyclic) bond motifs is 1. The van der Waals surface area contributed by atoms with Gasteiger partial charge >= 0.3 is 5.97 Å². The Morgan fingerprint density at radius 2 is 1.73 bits per heavy atom. The fourth-order valence-electron chi connectivity index (χ4n) is 5.21. The summed E-state index contributed by atoms with van der Waals surface area (Å²) in [5, 5.41) is 9.02. The van der Waals surface area contributed by atoms with Crippen molar-refractivity contribution in [1.82, 2.24) is 0 Å². The minimum absolute atomic E-state index is 0.0713. The smallest absolute Gasteiger partial charge is 0.303 e.